The normalized spacial score (nSPS) is 10.8. The Kier molecular flexibility index (Phi) is 3.64. The molecule has 0 atom stereocenters. The number of aromatic nitrogens is 1. The zero-order valence-electron chi connectivity index (χ0n) is 10.6. The van der Waals surface area contributed by atoms with E-state index in [2.05, 4.69) is 48.7 Å². The summed E-state index contributed by atoms with van der Waals surface area (Å²) in [5.41, 5.74) is 10.9. The number of nitrogens with two attached hydrogens (primary N) is 1. The van der Waals surface area contributed by atoms with Crippen LogP contribution in [-0.4, -0.2) is 11.1 Å². The third-order valence-corrected chi connectivity index (χ3v) is 3.20. The van der Waals surface area contributed by atoms with E-state index in [1.54, 1.807) is 0 Å². The number of rotatable bonds is 4. The highest BCUT2D eigenvalue weighted by atomic mass is 15.0. The van der Waals surface area contributed by atoms with Gasteiger partial charge >= 0.3 is 0 Å². The first-order valence-corrected chi connectivity index (χ1v) is 6.17. The molecule has 0 saturated carbocycles. The number of nitrogens with zero attached hydrogens (tertiary/aromatic N) is 1. The van der Waals surface area contributed by atoms with Crippen molar-refractivity contribution in [3.8, 4) is 5.69 Å². The van der Waals surface area contributed by atoms with Crippen molar-refractivity contribution >= 4 is 0 Å². The summed E-state index contributed by atoms with van der Waals surface area (Å²) in [5, 5.41) is 0. The summed E-state index contributed by atoms with van der Waals surface area (Å²) in [4.78, 5) is 0. The first-order valence-electron chi connectivity index (χ1n) is 6.17. The van der Waals surface area contributed by atoms with E-state index < -0.39 is 0 Å². The molecule has 2 nitrogen and oxygen atoms in total. The van der Waals surface area contributed by atoms with Gasteiger partial charge in [-0.15, -0.1) is 0 Å². The van der Waals surface area contributed by atoms with Crippen LogP contribution >= 0.6 is 0 Å². The van der Waals surface area contributed by atoms with Crippen LogP contribution in [0.1, 0.15) is 23.4 Å². The number of benzene rings is 1. The van der Waals surface area contributed by atoms with Crippen molar-refractivity contribution in [3.63, 3.8) is 0 Å². The third-order valence-electron chi connectivity index (χ3n) is 3.20. The fourth-order valence-corrected chi connectivity index (χ4v) is 2.35. The van der Waals surface area contributed by atoms with E-state index in [9.17, 15) is 0 Å². The van der Waals surface area contributed by atoms with Gasteiger partial charge in [0, 0.05) is 17.1 Å². The maximum Gasteiger partial charge on any atom is 0.0455 e. The van der Waals surface area contributed by atoms with E-state index in [0.717, 1.165) is 19.4 Å². The number of para-hydroxylation sites is 1. The van der Waals surface area contributed by atoms with Crippen LogP contribution < -0.4 is 5.73 Å². The molecule has 0 bridgehead atoms. The lowest BCUT2D eigenvalue weighted by atomic mass is 10.1. The Morgan fingerprint density at radius 2 is 1.82 bits per heavy atom. The molecule has 2 aromatic rings. The monoisotopic (exact) mass is 228 g/mol. The maximum absolute atomic E-state index is 5.58. The average Bonchev–Trinajstić information content (AvgIpc) is 2.63. The molecule has 0 aliphatic carbocycles. The van der Waals surface area contributed by atoms with Gasteiger partial charge in [0.15, 0.2) is 0 Å². The molecule has 0 radical (unpaired) electrons. The molecule has 17 heavy (non-hydrogen) atoms. The predicted octanol–water partition coefficient (Wildman–Crippen LogP) is 2.99. The van der Waals surface area contributed by atoms with Crippen molar-refractivity contribution < 1.29 is 0 Å². The first kappa shape index (κ1) is 11.9. The summed E-state index contributed by atoms with van der Waals surface area (Å²) in [6.45, 7) is 5.10. The molecular formula is C15H20N2. The van der Waals surface area contributed by atoms with Crippen LogP contribution in [0.5, 0.6) is 0 Å². The molecule has 0 amide bonds. The summed E-state index contributed by atoms with van der Waals surface area (Å²) in [7, 11) is 0. The van der Waals surface area contributed by atoms with E-state index in [4.69, 9.17) is 5.73 Å². The van der Waals surface area contributed by atoms with E-state index in [0.29, 0.717) is 0 Å². The Morgan fingerprint density at radius 3 is 2.47 bits per heavy atom. The van der Waals surface area contributed by atoms with E-state index in [1.165, 1.54) is 22.6 Å². The van der Waals surface area contributed by atoms with Crippen molar-refractivity contribution in [2.24, 2.45) is 5.73 Å². The van der Waals surface area contributed by atoms with Crippen molar-refractivity contribution in [3.05, 3.63) is 53.3 Å². The van der Waals surface area contributed by atoms with Crippen molar-refractivity contribution in [1.82, 2.24) is 4.57 Å². The molecule has 0 unspecified atom stereocenters. The highest BCUT2D eigenvalue weighted by Crippen LogP contribution is 2.21. The molecule has 0 saturated heterocycles. The van der Waals surface area contributed by atoms with Gasteiger partial charge in [-0.05, 0) is 57.0 Å². The first-order chi connectivity index (χ1) is 8.24. The molecule has 0 aliphatic rings. The van der Waals surface area contributed by atoms with Gasteiger partial charge in [-0.3, -0.25) is 0 Å². The van der Waals surface area contributed by atoms with Gasteiger partial charge in [-0.2, -0.15) is 0 Å². The molecule has 1 heterocycles. The minimum absolute atomic E-state index is 0.759. The van der Waals surface area contributed by atoms with E-state index >= 15 is 0 Å². The summed E-state index contributed by atoms with van der Waals surface area (Å²) in [6.07, 6.45) is 2.13. The van der Waals surface area contributed by atoms with E-state index in [-0.39, 0.29) is 0 Å². The fourth-order valence-electron chi connectivity index (χ4n) is 2.35. The lowest BCUT2D eigenvalue weighted by Gasteiger charge is -2.09. The van der Waals surface area contributed by atoms with Crippen molar-refractivity contribution in [1.29, 1.82) is 0 Å². The minimum Gasteiger partial charge on any atom is -0.330 e. The van der Waals surface area contributed by atoms with Gasteiger partial charge in [-0.25, -0.2) is 0 Å². The number of hydrogen-bond donors (Lipinski definition) is 1. The molecule has 2 rings (SSSR count). The zero-order chi connectivity index (χ0) is 12.3. The topological polar surface area (TPSA) is 30.9 Å². The third kappa shape index (κ3) is 2.42. The van der Waals surface area contributed by atoms with Gasteiger partial charge in [0.1, 0.15) is 0 Å². The molecular weight excluding hydrogens is 208 g/mol. The molecule has 0 aliphatic heterocycles. The molecule has 90 valence electrons. The number of hydrogen-bond acceptors (Lipinski definition) is 1. The molecule has 2 heteroatoms. The second-order valence-corrected chi connectivity index (χ2v) is 4.46. The summed E-state index contributed by atoms with van der Waals surface area (Å²) < 4.78 is 2.31. The molecule has 0 fully saturated rings. The van der Waals surface area contributed by atoms with Gasteiger partial charge in [0.25, 0.3) is 0 Å². The SMILES string of the molecule is Cc1cc(CCCN)c(C)n1-c1ccccc1. The zero-order valence-corrected chi connectivity index (χ0v) is 10.6. The molecule has 1 aromatic carbocycles. The maximum atomic E-state index is 5.58. The van der Waals surface area contributed by atoms with E-state index in [1.807, 2.05) is 6.07 Å². The predicted molar refractivity (Wildman–Crippen MR) is 72.6 cm³/mol. The van der Waals surface area contributed by atoms with Gasteiger partial charge in [-0.1, -0.05) is 18.2 Å². The smallest absolute Gasteiger partial charge is 0.0455 e. The Morgan fingerprint density at radius 1 is 1.12 bits per heavy atom. The minimum atomic E-state index is 0.759. The van der Waals surface area contributed by atoms with Gasteiger partial charge < -0.3 is 10.3 Å². The summed E-state index contributed by atoms with van der Waals surface area (Å²) in [6, 6.07) is 12.8. The van der Waals surface area contributed by atoms with Crippen LogP contribution in [0.25, 0.3) is 5.69 Å². The Balaban J connectivity index is 2.38. The van der Waals surface area contributed by atoms with Crippen molar-refractivity contribution in [2.75, 3.05) is 6.54 Å². The van der Waals surface area contributed by atoms with Gasteiger partial charge in [0.05, 0.1) is 0 Å². The Labute approximate surface area is 103 Å². The Bertz CT molecular complexity index is 483. The van der Waals surface area contributed by atoms with Crippen LogP contribution in [0.15, 0.2) is 36.4 Å². The second-order valence-electron chi connectivity index (χ2n) is 4.46. The second kappa shape index (κ2) is 5.19. The molecule has 1 aromatic heterocycles. The van der Waals surface area contributed by atoms with Gasteiger partial charge in [0.2, 0.25) is 0 Å². The lowest BCUT2D eigenvalue weighted by Crippen LogP contribution is -2.02. The summed E-state index contributed by atoms with van der Waals surface area (Å²) >= 11 is 0. The van der Waals surface area contributed by atoms with Crippen LogP contribution in [-0.2, 0) is 6.42 Å². The summed E-state index contributed by atoms with van der Waals surface area (Å²) in [5.74, 6) is 0. The quantitative estimate of drug-likeness (QED) is 0.857. The van der Waals surface area contributed by atoms with Crippen molar-refractivity contribution in [2.45, 2.75) is 26.7 Å². The number of aryl methyl sites for hydroxylation is 2. The highest BCUT2D eigenvalue weighted by molar-refractivity contribution is 5.40. The van der Waals surface area contributed by atoms with Crippen LogP contribution in [0.4, 0.5) is 0 Å². The molecule has 2 N–H and O–H groups in total. The highest BCUT2D eigenvalue weighted by Gasteiger charge is 2.09. The largest absolute Gasteiger partial charge is 0.330 e. The molecule has 0 spiro atoms. The standard InChI is InChI=1S/C15H20N2/c1-12-11-14(7-6-10-16)13(2)17(12)15-8-4-3-5-9-15/h3-5,8-9,11H,6-7,10,16H2,1-2H3. The average molecular weight is 228 g/mol. The van der Waals surface area contributed by atoms with Crippen LogP contribution in [0, 0.1) is 13.8 Å². The fraction of sp³-hybridized carbons (Fsp3) is 0.333. The lowest BCUT2D eigenvalue weighted by molar-refractivity contribution is 0.823. The Hall–Kier alpha value is -1.54. The van der Waals surface area contributed by atoms with Crippen LogP contribution in [0.3, 0.4) is 0 Å². The van der Waals surface area contributed by atoms with Crippen LogP contribution in [0.2, 0.25) is 0 Å².